The molecular formula is C7H14IN. The topological polar surface area (TPSA) is 3.24 Å². The van der Waals surface area contributed by atoms with Crippen molar-refractivity contribution in [3.8, 4) is 0 Å². The van der Waals surface area contributed by atoms with Crippen molar-refractivity contribution in [1.82, 2.24) is 4.90 Å². The summed E-state index contributed by atoms with van der Waals surface area (Å²) in [7, 11) is 2.21. The number of likely N-dealkylation sites (tertiary alicyclic amines) is 1. The van der Waals surface area contributed by atoms with Crippen LogP contribution in [0.4, 0.5) is 0 Å². The lowest BCUT2D eigenvalue weighted by atomic mass is 10.0. The van der Waals surface area contributed by atoms with Crippen molar-refractivity contribution < 1.29 is 0 Å². The van der Waals surface area contributed by atoms with Gasteiger partial charge in [-0.1, -0.05) is 29.5 Å². The predicted molar refractivity (Wildman–Crippen MR) is 49.1 cm³/mol. The molecule has 1 rings (SSSR count). The quantitative estimate of drug-likeness (QED) is 0.460. The van der Waals surface area contributed by atoms with Crippen LogP contribution >= 0.6 is 22.6 Å². The van der Waals surface area contributed by atoms with Gasteiger partial charge in [0, 0.05) is 17.0 Å². The number of rotatable bonds is 0. The largest absolute Gasteiger partial charge is 0.305 e. The number of hydrogen-bond donors (Lipinski definition) is 0. The zero-order valence-electron chi connectivity index (χ0n) is 6.10. The maximum Gasteiger partial charge on any atom is 0.0240 e. The van der Waals surface area contributed by atoms with Crippen molar-refractivity contribution in [2.45, 2.75) is 17.3 Å². The molecule has 0 bridgehead atoms. The van der Waals surface area contributed by atoms with Gasteiger partial charge < -0.3 is 4.90 Å². The average Bonchev–Trinajstić information content (AvgIpc) is 1.59. The van der Waals surface area contributed by atoms with Crippen LogP contribution in [0, 0.1) is 5.92 Å². The first-order chi connectivity index (χ1) is 4.18. The predicted octanol–water partition coefficient (Wildman–Crippen LogP) is 1.76. The lowest BCUT2D eigenvalue weighted by molar-refractivity contribution is 0.232. The molecule has 0 spiro atoms. The minimum atomic E-state index is 0.886. The third-order valence-corrected chi connectivity index (χ3v) is 2.69. The Labute approximate surface area is 70.9 Å². The third-order valence-electron chi connectivity index (χ3n) is 1.79. The molecule has 0 saturated carbocycles. The van der Waals surface area contributed by atoms with Gasteiger partial charge in [-0.3, -0.25) is 0 Å². The Morgan fingerprint density at radius 2 is 2.11 bits per heavy atom. The van der Waals surface area contributed by atoms with Gasteiger partial charge in [0.1, 0.15) is 0 Å². The highest BCUT2D eigenvalue weighted by Gasteiger charge is 2.19. The molecule has 0 radical (unpaired) electrons. The summed E-state index contributed by atoms with van der Waals surface area (Å²) in [6.45, 7) is 4.91. The SMILES string of the molecule is CC1CC(I)CN(C)C1. The molecule has 2 atom stereocenters. The number of piperidine rings is 1. The fourth-order valence-electron chi connectivity index (χ4n) is 1.53. The molecule has 1 saturated heterocycles. The first-order valence-corrected chi connectivity index (χ1v) is 4.75. The van der Waals surface area contributed by atoms with E-state index in [4.69, 9.17) is 0 Å². The molecule has 9 heavy (non-hydrogen) atoms. The summed E-state index contributed by atoms with van der Waals surface area (Å²) in [6.07, 6.45) is 1.41. The Bertz CT molecular complexity index is 69.9. The summed E-state index contributed by atoms with van der Waals surface area (Å²) in [5.41, 5.74) is 0. The average molecular weight is 239 g/mol. The van der Waals surface area contributed by atoms with Crippen LogP contribution in [0.1, 0.15) is 13.3 Å². The summed E-state index contributed by atoms with van der Waals surface area (Å²) in [5, 5.41) is 0. The fourth-order valence-corrected chi connectivity index (χ4v) is 3.07. The van der Waals surface area contributed by atoms with E-state index in [0.717, 1.165) is 9.84 Å². The van der Waals surface area contributed by atoms with Crippen molar-refractivity contribution in [3.63, 3.8) is 0 Å². The maximum atomic E-state index is 2.55. The number of hydrogen-bond acceptors (Lipinski definition) is 1. The van der Waals surface area contributed by atoms with E-state index in [1.807, 2.05) is 0 Å². The van der Waals surface area contributed by atoms with Crippen LogP contribution in [-0.4, -0.2) is 29.0 Å². The van der Waals surface area contributed by atoms with E-state index < -0.39 is 0 Å². The van der Waals surface area contributed by atoms with E-state index in [1.54, 1.807) is 0 Å². The van der Waals surface area contributed by atoms with Gasteiger partial charge in [-0.2, -0.15) is 0 Å². The van der Waals surface area contributed by atoms with E-state index in [-0.39, 0.29) is 0 Å². The minimum absolute atomic E-state index is 0.886. The molecular weight excluding hydrogens is 225 g/mol. The molecule has 54 valence electrons. The van der Waals surface area contributed by atoms with E-state index in [2.05, 4.69) is 41.5 Å². The van der Waals surface area contributed by atoms with Crippen LogP contribution in [0.25, 0.3) is 0 Å². The second-order valence-electron chi connectivity index (χ2n) is 3.16. The van der Waals surface area contributed by atoms with Crippen molar-refractivity contribution >= 4 is 22.6 Å². The summed E-state index contributed by atoms with van der Waals surface area (Å²) in [4.78, 5) is 2.42. The number of halogens is 1. The lowest BCUT2D eigenvalue weighted by Crippen LogP contribution is -2.36. The fraction of sp³-hybridized carbons (Fsp3) is 1.00. The van der Waals surface area contributed by atoms with Gasteiger partial charge in [0.2, 0.25) is 0 Å². The minimum Gasteiger partial charge on any atom is -0.305 e. The highest BCUT2D eigenvalue weighted by molar-refractivity contribution is 14.1. The van der Waals surface area contributed by atoms with Gasteiger partial charge in [0.15, 0.2) is 0 Å². The molecule has 2 heteroatoms. The standard InChI is InChI=1S/C7H14IN/c1-6-3-7(8)5-9(2)4-6/h6-7H,3-5H2,1-2H3. The van der Waals surface area contributed by atoms with Crippen molar-refractivity contribution in [1.29, 1.82) is 0 Å². The molecule has 0 aromatic carbocycles. The molecule has 2 unspecified atom stereocenters. The Morgan fingerprint density at radius 1 is 1.44 bits per heavy atom. The second kappa shape index (κ2) is 3.19. The van der Waals surface area contributed by atoms with Crippen molar-refractivity contribution in [3.05, 3.63) is 0 Å². The summed E-state index contributed by atoms with van der Waals surface area (Å²) < 4.78 is 0.886. The van der Waals surface area contributed by atoms with Crippen LogP contribution in [0.3, 0.4) is 0 Å². The van der Waals surface area contributed by atoms with Gasteiger partial charge in [0.25, 0.3) is 0 Å². The zero-order valence-corrected chi connectivity index (χ0v) is 8.26. The van der Waals surface area contributed by atoms with Gasteiger partial charge in [0.05, 0.1) is 0 Å². The lowest BCUT2D eigenvalue weighted by Gasteiger charge is -2.30. The Balaban J connectivity index is 2.34. The maximum absolute atomic E-state index is 2.55. The summed E-state index contributed by atoms with van der Waals surface area (Å²) in [5.74, 6) is 0.908. The molecule has 1 heterocycles. The van der Waals surface area contributed by atoms with Gasteiger partial charge in [-0.25, -0.2) is 0 Å². The molecule has 1 aliphatic heterocycles. The van der Waals surface area contributed by atoms with Crippen molar-refractivity contribution in [2.24, 2.45) is 5.92 Å². The number of nitrogens with zero attached hydrogens (tertiary/aromatic N) is 1. The van der Waals surface area contributed by atoms with Gasteiger partial charge in [-0.05, 0) is 19.4 Å². The molecule has 0 aromatic rings. The summed E-state index contributed by atoms with van der Waals surface area (Å²) >= 11 is 2.55. The molecule has 1 nitrogen and oxygen atoms in total. The normalized spacial score (nSPS) is 39.0. The Kier molecular flexibility index (Phi) is 2.76. The van der Waals surface area contributed by atoms with E-state index in [9.17, 15) is 0 Å². The van der Waals surface area contributed by atoms with Crippen molar-refractivity contribution in [2.75, 3.05) is 20.1 Å². The third kappa shape index (κ3) is 2.42. The van der Waals surface area contributed by atoms with Crippen LogP contribution in [0.15, 0.2) is 0 Å². The summed E-state index contributed by atoms with van der Waals surface area (Å²) in [6, 6.07) is 0. The van der Waals surface area contributed by atoms with Crippen LogP contribution in [0.5, 0.6) is 0 Å². The smallest absolute Gasteiger partial charge is 0.0240 e. The van der Waals surface area contributed by atoms with E-state index >= 15 is 0 Å². The molecule has 0 aromatic heterocycles. The first-order valence-electron chi connectivity index (χ1n) is 3.51. The molecule has 0 aliphatic carbocycles. The number of alkyl halides is 1. The highest BCUT2D eigenvalue weighted by Crippen LogP contribution is 2.20. The monoisotopic (exact) mass is 239 g/mol. The zero-order chi connectivity index (χ0) is 6.85. The first kappa shape index (κ1) is 7.79. The van der Waals surface area contributed by atoms with E-state index in [0.29, 0.717) is 0 Å². The molecule has 1 aliphatic rings. The molecule has 0 amide bonds. The highest BCUT2D eigenvalue weighted by atomic mass is 127. The second-order valence-corrected chi connectivity index (χ2v) is 4.92. The molecule has 1 fully saturated rings. The Hall–Kier alpha value is 0.690. The van der Waals surface area contributed by atoms with Crippen LogP contribution in [0.2, 0.25) is 0 Å². The Morgan fingerprint density at radius 3 is 2.56 bits per heavy atom. The van der Waals surface area contributed by atoms with Crippen LogP contribution in [-0.2, 0) is 0 Å². The van der Waals surface area contributed by atoms with Gasteiger partial charge >= 0.3 is 0 Å². The van der Waals surface area contributed by atoms with E-state index in [1.165, 1.54) is 19.5 Å². The van der Waals surface area contributed by atoms with Gasteiger partial charge in [-0.15, -0.1) is 0 Å². The van der Waals surface area contributed by atoms with Crippen LogP contribution < -0.4 is 0 Å². The molecule has 0 N–H and O–H groups in total.